The van der Waals surface area contributed by atoms with Gasteiger partial charge < -0.3 is 0 Å². The van der Waals surface area contributed by atoms with E-state index in [9.17, 15) is 13.2 Å². The van der Waals surface area contributed by atoms with Crippen molar-refractivity contribution in [2.75, 3.05) is 19.6 Å². The zero-order valence-electron chi connectivity index (χ0n) is 18.9. The molecule has 1 heterocycles. The van der Waals surface area contributed by atoms with Crippen LogP contribution >= 0.6 is 0 Å². The van der Waals surface area contributed by atoms with E-state index in [0.29, 0.717) is 0 Å². The van der Waals surface area contributed by atoms with E-state index in [1.54, 1.807) is 0 Å². The van der Waals surface area contributed by atoms with Gasteiger partial charge in [-0.15, -0.1) is 0 Å². The van der Waals surface area contributed by atoms with Gasteiger partial charge in [0.25, 0.3) is 0 Å². The van der Waals surface area contributed by atoms with Crippen LogP contribution in [0.2, 0.25) is 0 Å². The fourth-order valence-corrected chi connectivity index (χ4v) is 4.82. The molecule has 1 nitrogen and oxygen atoms in total. The van der Waals surface area contributed by atoms with E-state index < -0.39 is 11.7 Å². The number of fused-ring (bicyclic) bond motifs is 2. The second kappa shape index (κ2) is 9.47. The van der Waals surface area contributed by atoms with Crippen LogP contribution in [0.5, 0.6) is 0 Å². The highest BCUT2D eigenvalue weighted by molar-refractivity contribution is 5.94. The van der Waals surface area contributed by atoms with E-state index in [4.69, 9.17) is 0 Å². The second-order valence-corrected chi connectivity index (χ2v) is 8.81. The Hall–Kier alpha value is -3.37. The Morgan fingerprint density at radius 2 is 1.29 bits per heavy atom. The highest BCUT2D eigenvalue weighted by Gasteiger charge is 2.29. The van der Waals surface area contributed by atoms with Crippen molar-refractivity contribution in [3.05, 3.63) is 118 Å². The van der Waals surface area contributed by atoms with Gasteiger partial charge in [-0.25, -0.2) is 0 Å². The maximum Gasteiger partial charge on any atom is 0.416 e. The lowest BCUT2D eigenvalue weighted by molar-refractivity contribution is -0.137. The predicted octanol–water partition coefficient (Wildman–Crippen LogP) is 7.80. The first-order valence-electron chi connectivity index (χ1n) is 11.6. The summed E-state index contributed by atoms with van der Waals surface area (Å²) in [5, 5.41) is 0. The molecule has 172 valence electrons. The van der Waals surface area contributed by atoms with Gasteiger partial charge in [0.1, 0.15) is 0 Å². The molecule has 0 aromatic heterocycles. The molecule has 0 atom stereocenters. The monoisotopic (exact) mass is 457 g/mol. The molecular weight excluding hydrogens is 431 g/mol. The number of alkyl halides is 3. The summed E-state index contributed by atoms with van der Waals surface area (Å²) >= 11 is 0. The summed E-state index contributed by atoms with van der Waals surface area (Å²) in [6, 6.07) is 22.5. The summed E-state index contributed by atoms with van der Waals surface area (Å²) in [4.78, 5) is 2.40. The fourth-order valence-electron chi connectivity index (χ4n) is 4.82. The molecule has 3 aromatic rings. The average molecular weight is 458 g/mol. The summed E-state index contributed by atoms with van der Waals surface area (Å²) in [5.41, 5.74) is 8.14. The largest absolute Gasteiger partial charge is 0.416 e. The summed E-state index contributed by atoms with van der Waals surface area (Å²) in [6.07, 6.45) is 6.08. The first kappa shape index (κ1) is 22.4. The van der Waals surface area contributed by atoms with E-state index in [-0.39, 0.29) is 0 Å². The van der Waals surface area contributed by atoms with Gasteiger partial charge in [-0.05, 0) is 58.4 Å². The van der Waals surface area contributed by atoms with Crippen molar-refractivity contribution in [3.8, 4) is 0 Å². The molecule has 0 unspecified atom stereocenters. The minimum atomic E-state index is -4.29. The lowest BCUT2D eigenvalue weighted by Gasteiger charge is -2.29. The number of hydrogen-bond donors (Lipinski definition) is 0. The van der Waals surface area contributed by atoms with Crippen molar-refractivity contribution in [2.24, 2.45) is 0 Å². The van der Waals surface area contributed by atoms with Gasteiger partial charge in [-0.2, -0.15) is 13.2 Å². The Bertz CT molecular complexity index is 1200. The van der Waals surface area contributed by atoms with Crippen LogP contribution in [0.25, 0.3) is 23.8 Å². The zero-order chi connectivity index (χ0) is 23.5. The van der Waals surface area contributed by atoms with Crippen LogP contribution in [0.15, 0.2) is 84.4 Å². The lowest BCUT2D eigenvalue weighted by atomic mass is 9.86. The second-order valence-electron chi connectivity index (χ2n) is 8.81. The van der Waals surface area contributed by atoms with Crippen molar-refractivity contribution >= 4 is 23.8 Å². The van der Waals surface area contributed by atoms with Crippen molar-refractivity contribution in [2.45, 2.75) is 19.0 Å². The van der Waals surface area contributed by atoms with Gasteiger partial charge in [0.15, 0.2) is 0 Å². The van der Waals surface area contributed by atoms with Gasteiger partial charge in [-0.1, -0.05) is 90.5 Å². The summed E-state index contributed by atoms with van der Waals surface area (Å²) in [7, 11) is 0. The van der Waals surface area contributed by atoms with Crippen LogP contribution in [0.4, 0.5) is 13.2 Å². The van der Waals surface area contributed by atoms with Gasteiger partial charge in [0.2, 0.25) is 0 Å². The Labute approximate surface area is 198 Å². The third-order valence-corrected chi connectivity index (χ3v) is 6.63. The van der Waals surface area contributed by atoms with Gasteiger partial charge in [-0.3, -0.25) is 4.90 Å². The predicted molar refractivity (Wildman–Crippen MR) is 134 cm³/mol. The SMILES string of the molecule is FC(F)(F)c1ccc(C=CCN2CCC(=C3c4ccccc4C=Cc4ccccc43)CC2)cc1. The number of halogens is 3. The molecule has 34 heavy (non-hydrogen) atoms. The number of piperidine rings is 1. The normalized spacial score (nSPS) is 16.4. The average Bonchev–Trinajstić information content (AvgIpc) is 3.01. The molecule has 1 aliphatic heterocycles. The third-order valence-electron chi connectivity index (χ3n) is 6.63. The number of nitrogens with zero attached hydrogens (tertiary/aromatic N) is 1. The molecule has 1 aliphatic carbocycles. The number of hydrogen-bond acceptors (Lipinski definition) is 1. The first-order chi connectivity index (χ1) is 16.5. The van der Waals surface area contributed by atoms with Crippen molar-refractivity contribution in [1.82, 2.24) is 4.90 Å². The molecule has 4 heteroatoms. The summed E-state index contributed by atoms with van der Waals surface area (Å²) < 4.78 is 38.2. The number of rotatable bonds is 3. The highest BCUT2D eigenvalue weighted by atomic mass is 19.4. The van der Waals surface area contributed by atoms with Gasteiger partial charge in [0.05, 0.1) is 5.56 Å². The summed E-state index contributed by atoms with van der Waals surface area (Å²) in [6.45, 7) is 2.72. The quantitative estimate of drug-likeness (QED) is 0.303. The molecule has 0 bridgehead atoms. The Kier molecular flexibility index (Phi) is 6.25. The molecule has 2 aliphatic rings. The van der Waals surface area contributed by atoms with Gasteiger partial charge in [0, 0.05) is 19.6 Å². The minimum absolute atomic E-state index is 0.613. The van der Waals surface area contributed by atoms with Crippen LogP contribution in [0, 0.1) is 0 Å². The van der Waals surface area contributed by atoms with Crippen LogP contribution in [0.1, 0.15) is 46.2 Å². The first-order valence-corrected chi connectivity index (χ1v) is 11.6. The molecule has 1 fully saturated rings. The molecule has 1 saturated heterocycles. The standard InChI is InChI=1S/C30H26F3N/c31-30(32,33)26-15-11-22(12-16-26)6-5-19-34-20-17-25(18-21-34)29-27-9-3-1-7-23(27)13-14-24-8-2-4-10-28(24)29/h1-16H,17-21H2. The van der Waals surface area contributed by atoms with Crippen LogP contribution in [0.3, 0.4) is 0 Å². The van der Waals surface area contributed by atoms with E-state index >= 15 is 0 Å². The number of benzene rings is 3. The molecule has 0 radical (unpaired) electrons. The van der Waals surface area contributed by atoms with Crippen LogP contribution in [-0.4, -0.2) is 24.5 Å². The smallest absolute Gasteiger partial charge is 0.299 e. The highest BCUT2D eigenvalue weighted by Crippen LogP contribution is 2.38. The van der Waals surface area contributed by atoms with E-state index in [0.717, 1.165) is 50.2 Å². The van der Waals surface area contributed by atoms with Gasteiger partial charge >= 0.3 is 6.18 Å². The zero-order valence-corrected chi connectivity index (χ0v) is 18.9. The molecule has 0 N–H and O–H groups in total. The maximum absolute atomic E-state index is 12.7. The Morgan fingerprint density at radius 1 is 0.735 bits per heavy atom. The van der Waals surface area contributed by atoms with Crippen molar-refractivity contribution in [3.63, 3.8) is 0 Å². The fraction of sp³-hybridized carbons (Fsp3) is 0.200. The van der Waals surface area contributed by atoms with E-state index in [1.807, 2.05) is 12.2 Å². The Morgan fingerprint density at radius 3 is 1.85 bits per heavy atom. The van der Waals surface area contributed by atoms with Crippen LogP contribution < -0.4 is 0 Å². The lowest BCUT2D eigenvalue weighted by Crippen LogP contribution is -2.31. The molecule has 5 rings (SSSR count). The van der Waals surface area contributed by atoms with Crippen molar-refractivity contribution < 1.29 is 13.2 Å². The van der Waals surface area contributed by atoms with Crippen LogP contribution in [-0.2, 0) is 6.18 Å². The molecular formula is C30H26F3N. The molecule has 3 aromatic carbocycles. The minimum Gasteiger partial charge on any atom is -0.299 e. The Balaban J connectivity index is 1.30. The number of likely N-dealkylation sites (tertiary alicyclic amines) is 1. The third kappa shape index (κ3) is 4.78. The molecule has 0 amide bonds. The molecule has 0 saturated carbocycles. The maximum atomic E-state index is 12.7. The van der Waals surface area contributed by atoms with E-state index in [1.165, 1.54) is 45.5 Å². The topological polar surface area (TPSA) is 3.24 Å². The van der Waals surface area contributed by atoms with E-state index in [2.05, 4.69) is 65.6 Å². The van der Waals surface area contributed by atoms with Crippen molar-refractivity contribution in [1.29, 1.82) is 0 Å². The molecule has 0 spiro atoms. The summed E-state index contributed by atoms with van der Waals surface area (Å²) in [5.74, 6) is 0.